The first-order valence-corrected chi connectivity index (χ1v) is 7.92. The molecular weight excluding hydrogens is 328 g/mol. The third-order valence-corrected chi connectivity index (χ3v) is 3.80. The quantitative estimate of drug-likeness (QED) is 0.752. The molecule has 2 aromatic carbocycles. The lowest BCUT2D eigenvalue weighted by Crippen LogP contribution is -2.15. The van der Waals surface area contributed by atoms with E-state index in [1.165, 1.54) is 0 Å². The number of halogens is 1. The highest BCUT2D eigenvalue weighted by atomic mass is 35.5. The first-order chi connectivity index (χ1) is 11.5. The molecule has 2 aromatic rings. The Labute approximate surface area is 145 Å². The van der Waals surface area contributed by atoms with Gasteiger partial charge in [-0.25, -0.2) is 0 Å². The summed E-state index contributed by atoms with van der Waals surface area (Å²) in [6, 6.07) is 12.0. The zero-order chi connectivity index (χ0) is 17.5. The lowest BCUT2D eigenvalue weighted by molar-refractivity contribution is -0.116. The van der Waals surface area contributed by atoms with Gasteiger partial charge < -0.3 is 15.8 Å². The minimum atomic E-state index is -0.530. The molecule has 0 heterocycles. The van der Waals surface area contributed by atoms with E-state index in [4.69, 9.17) is 22.1 Å². The normalized spacial score (nSPS) is 10.2. The summed E-state index contributed by atoms with van der Waals surface area (Å²) in [7, 11) is 0. The second-order valence-electron chi connectivity index (χ2n) is 5.36. The average Bonchev–Trinajstić information content (AvgIpc) is 2.55. The van der Waals surface area contributed by atoms with Crippen LogP contribution in [0.15, 0.2) is 42.5 Å². The number of benzene rings is 2. The number of amides is 2. The molecule has 3 N–H and O–H groups in total. The van der Waals surface area contributed by atoms with Crippen LogP contribution in [0.2, 0.25) is 5.02 Å². The van der Waals surface area contributed by atoms with E-state index in [1.54, 1.807) is 36.4 Å². The fourth-order valence-electron chi connectivity index (χ4n) is 2.10. The van der Waals surface area contributed by atoms with Crippen molar-refractivity contribution >= 4 is 29.1 Å². The molecule has 0 atom stereocenters. The van der Waals surface area contributed by atoms with Gasteiger partial charge >= 0.3 is 0 Å². The maximum atomic E-state index is 11.9. The van der Waals surface area contributed by atoms with E-state index < -0.39 is 5.91 Å². The van der Waals surface area contributed by atoms with E-state index in [2.05, 4.69) is 5.32 Å². The van der Waals surface area contributed by atoms with Crippen molar-refractivity contribution in [2.24, 2.45) is 5.73 Å². The van der Waals surface area contributed by atoms with Gasteiger partial charge in [-0.1, -0.05) is 17.7 Å². The van der Waals surface area contributed by atoms with Crippen LogP contribution in [0.3, 0.4) is 0 Å². The number of hydrogen-bond donors (Lipinski definition) is 2. The van der Waals surface area contributed by atoms with Crippen LogP contribution in [0.4, 0.5) is 5.69 Å². The van der Waals surface area contributed by atoms with Crippen molar-refractivity contribution in [1.29, 1.82) is 0 Å². The summed E-state index contributed by atoms with van der Waals surface area (Å²) in [6.07, 6.45) is 0.885. The molecule has 126 valence electrons. The van der Waals surface area contributed by atoms with Gasteiger partial charge in [0, 0.05) is 22.7 Å². The van der Waals surface area contributed by atoms with Crippen LogP contribution in [-0.2, 0) is 4.79 Å². The van der Waals surface area contributed by atoms with Crippen LogP contribution >= 0.6 is 11.6 Å². The number of rotatable bonds is 7. The van der Waals surface area contributed by atoms with Crippen molar-refractivity contribution in [2.75, 3.05) is 11.9 Å². The zero-order valence-electron chi connectivity index (χ0n) is 13.3. The number of carbonyl (C=O) groups excluding carboxylic acids is 2. The molecule has 0 fully saturated rings. The number of nitrogens with one attached hydrogen (secondary N) is 1. The van der Waals surface area contributed by atoms with Crippen molar-refractivity contribution in [2.45, 2.75) is 19.8 Å². The second-order valence-corrected chi connectivity index (χ2v) is 5.76. The zero-order valence-corrected chi connectivity index (χ0v) is 14.1. The highest BCUT2D eigenvalue weighted by molar-refractivity contribution is 6.31. The summed E-state index contributed by atoms with van der Waals surface area (Å²) >= 11 is 5.95. The van der Waals surface area contributed by atoms with Gasteiger partial charge in [-0.05, 0) is 55.3 Å². The SMILES string of the molecule is Cc1cc(OCCCC(=O)Nc2cccc(C(N)=O)c2)ccc1Cl. The van der Waals surface area contributed by atoms with Crippen LogP contribution in [-0.4, -0.2) is 18.4 Å². The fourth-order valence-corrected chi connectivity index (χ4v) is 2.22. The Morgan fingerprint density at radius 3 is 2.71 bits per heavy atom. The third kappa shape index (κ3) is 5.28. The molecule has 0 aromatic heterocycles. The summed E-state index contributed by atoms with van der Waals surface area (Å²) in [6.45, 7) is 2.33. The number of primary amides is 1. The van der Waals surface area contributed by atoms with E-state index in [1.807, 2.05) is 13.0 Å². The lowest BCUT2D eigenvalue weighted by Gasteiger charge is -2.08. The molecule has 0 saturated carbocycles. The topological polar surface area (TPSA) is 81.4 Å². The van der Waals surface area contributed by atoms with Crippen LogP contribution in [0.5, 0.6) is 5.75 Å². The Bertz CT molecular complexity index is 747. The number of hydrogen-bond acceptors (Lipinski definition) is 3. The van der Waals surface area contributed by atoms with Gasteiger partial charge in [0.25, 0.3) is 0 Å². The minimum Gasteiger partial charge on any atom is -0.494 e. The van der Waals surface area contributed by atoms with E-state index in [0.717, 1.165) is 11.3 Å². The largest absolute Gasteiger partial charge is 0.494 e. The van der Waals surface area contributed by atoms with Crippen LogP contribution in [0, 0.1) is 6.92 Å². The minimum absolute atomic E-state index is 0.146. The fraction of sp³-hybridized carbons (Fsp3) is 0.222. The predicted molar refractivity (Wildman–Crippen MR) is 94.5 cm³/mol. The maximum absolute atomic E-state index is 11.9. The molecule has 0 spiro atoms. The van der Waals surface area contributed by atoms with Crippen molar-refractivity contribution < 1.29 is 14.3 Å². The van der Waals surface area contributed by atoms with Crippen LogP contribution < -0.4 is 15.8 Å². The van der Waals surface area contributed by atoms with E-state index >= 15 is 0 Å². The Balaban J connectivity index is 1.76. The van der Waals surface area contributed by atoms with Gasteiger partial charge in [0.15, 0.2) is 0 Å². The van der Waals surface area contributed by atoms with Crippen molar-refractivity contribution in [1.82, 2.24) is 0 Å². The first kappa shape index (κ1) is 17.8. The molecule has 0 bridgehead atoms. The number of nitrogens with two attached hydrogens (primary N) is 1. The predicted octanol–water partition coefficient (Wildman–Crippen LogP) is 3.55. The molecule has 0 radical (unpaired) electrons. The first-order valence-electron chi connectivity index (χ1n) is 7.54. The number of carbonyl (C=O) groups is 2. The molecule has 2 amide bonds. The van der Waals surface area contributed by atoms with Gasteiger partial charge in [-0.2, -0.15) is 0 Å². The number of anilines is 1. The summed E-state index contributed by atoms with van der Waals surface area (Å²) in [4.78, 5) is 23.0. The Hall–Kier alpha value is -2.53. The number of aryl methyl sites for hydroxylation is 1. The Kier molecular flexibility index (Phi) is 6.21. The van der Waals surface area contributed by atoms with Gasteiger partial charge in [0.2, 0.25) is 11.8 Å². The third-order valence-electron chi connectivity index (χ3n) is 3.38. The Morgan fingerprint density at radius 2 is 2.00 bits per heavy atom. The molecule has 0 aliphatic rings. The Morgan fingerprint density at radius 1 is 1.21 bits per heavy atom. The van der Waals surface area contributed by atoms with Crippen LogP contribution in [0.1, 0.15) is 28.8 Å². The van der Waals surface area contributed by atoms with Crippen molar-refractivity contribution in [3.8, 4) is 5.75 Å². The van der Waals surface area contributed by atoms with Crippen molar-refractivity contribution in [3.05, 3.63) is 58.6 Å². The van der Waals surface area contributed by atoms with Gasteiger partial charge in [-0.15, -0.1) is 0 Å². The monoisotopic (exact) mass is 346 g/mol. The summed E-state index contributed by atoms with van der Waals surface area (Å²) < 4.78 is 5.59. The van der Waals surface area contributed by atoms with Gasteiger partial charge in [0.05, 0.1) is 6.61 Å². The molecule has 0 aliphatic carbocycles. The number of ether oxygens (including phenoxy) is 1. The molecule has 0 saturated heterocycles. The lowest BCUT2D eigenvalue weighted by atomic mass is 10.2. The summed E-state index contributed by atoms with van der Waals surface area (Å²) in [5.41, 5.74) is 7.06. The standard InChI is InChI=1S/C18H19ClN2O3/c1-12-10-15(7-8-16(12)19)24-9-3-6-17(22)21-14-5-2-4-13(11-14)18(20)23/h2,4-5,7-8,10-11H,3,6,9H2,1H3,(H2,20,23)(H,21,22). The van der Waals surface area contributed by atoms with E-state index in [0.29, 0.717) is 35.7 Å². The molecular formula is C18H19ClN2O3. The molecule has 5 nitrogen and oxygen atoms in total. The smallest absolute Gasteiger partial charge is 0.248 e. The second kappa shape index (κ2) is 8.36. The van der Waals surface area contributed by atoms with Gasteiger partial charge in [0.1, 0.15) is 5.75 Å². The molecule has 24 heavy (non-hydrogen) atoms. The molecule has 0 aliphatic heterocycles. The van der Waals surface area contributed by atoms with E-state index in [-0.39, 0.29) is 5.91 Å². The average molecular weight is 347 g/mol. The maximum Gasteiger partial charge on any atom is 0.248 e. The van der Waals surface area contributed by atoms with Crippen LogP contribution in [0.25, 0.3) is 0 Å². The highest BCUT2D eigenvalue weighted by Gasteiger charge is 2.06. The molecule has 6 heteroatoms. The van der Waals surface area contributed by atoms with E-state index in [9.17, 15) is 9.59 Å². The summed E-state index contributed by atoms with van der Waals surface area (Å²) in [5, 5.41) is 3.43. The summed E-state index contributed by atoms with van der Waals surface area (Å²) in [5.74, 6) is 0.0525. The molecule has 0 unspecified atom stereocenters. The molecule has 2 rings (SSSR count). The van der Waals surface area contributed by atoms with Crippen molar-refractivity contribution in [3.63, 3.8) is 0 Å². The highest BCUT2D eigenvalue weighted by Crippen LogP contribution is 2.21. The van der Waals surface area contributed by atoms with Gasteiger partial charge in [-0.3, -0.25) is 9.59 Å².